The minimum absolute atomic E-state index is 0.117. The zero-order valence-electron chi connectivity index (χ0n) is 14.7. The number of carbonyl (C=O) groups is 2. The van der Waals surface area contributed by atoms with Gasteiger partial charge in [-0.3, -0.25) is 14.5 Å². The third-order valence-electron chi connectivity index (χ3n) is 3.94. The Morgan fingerprint density at radius 1 is 1.25 bits per heavy atom. The van der Waals surface area contributed by atoms with Crippen molar-refractivity contribution in [3.8, 4) is 0 Å². The molecule has 2 amide bonds. The van der Waals surface area contributed by atoms with Crippen molar-refractivity contribution in [1.82, 2.24) is 4.90 Å². The molecule has 3 rings (SSSR count). The number of nitrogens with one attached hydrogen (secondary N) is 1. The van der Waals surface area contributed by atoms with Gasteiger partial charge in [-0.2, -0.15) is 0 Å². The van der Waals surface area contributed by atoms with Gasteiger partial charge in [0, 0.05) is 28.1 Å². The van der Waals surface area contributed by atoms with Crippen LogP contribution >= 0.6 is 51.5 Å². The van der Waals surface area contributed by atoms with E-state index < -0.39 is 0 Å². The number of halogens is 2. The molecule has 0 unspecified atom stereocenters. The molecule has 28 heavy (non-hydrogen) atoms. The lowest BCUT2D eigenvalue weighted by atomic mass is 10.2. The Morgan fingerprint density at radius 3 is 2.71 bits per heavy atom. The van der Waals surface area contributed by atoms with Gasteiger partial charge in [0.15, 0.2) is 0 Å². The Labute approximate surface area is 186 Å². The number of rotatable bonds is 6. The van der Waals surface area contributed by atoms with Crippen LogP contribution in [-0.2, 0) is 9.59 Å². The van der Waals surface area contributed by atoms with Gasteiger partial charge in [0.05, 0.1) is 4.91 Å². The predicted octanol–water partition coefficient (Wildman–Crippen LogP) is 5.72. The van der Waals surface area contributed by atoms with E-state index in [1.807, 2.05) is 30.3 Å². The van der Waals surface area contributed by atoms with Crippen LogP contribution in [0.5, 0.6) is 0 Å². The van der Waals surface area contributed by atoms with Gasteiger partial charge in [0.25, 0.3) is 5.91 Å². The molecule has 0 saturated carbocycles. The highest BCUT2D eigenvalue weighted by Gasteiger charge is 2.31. The predicted molar refractivity (Wildman–Crippen MR) is 123 cm³/mol. The summed E-state index contributed by atoms with van der Waals surface area (Å²) in [5.74, 6) is -0.244. The second kappa shape index (κ2) is 9.69. The molecule has 0 radical (unpaired) electrons. The van der Waals surface area contributed by atoms with Gasteiger partial charge in [-0.25, -0.2) is 0 Å². The quantitative estimate of drug-likeness (QED) is 0.411. The Hall–Kier alpha value is -1.67. The first-order chi connectivity index (χ1) is 13.4. The molecule has 0 aromatic heterocycles. The van der Waals surface area contributed by atoms with Crippen LogP contribution in [-0.4, -0.2) is 27.6 Å². The third kappa shape index (κ3) is 5.67. The van der Waals surface area contributed by atoms with Crippen LogP contribution in [0.3, 0.4) is 0 Å². The van der Waals surface area contributed by atoms with E-state index in [2.05, 4.69) is 21.2 Å². The van der Waals surface area contributed by atoms with E-state index in [1.54, 1.807) is 29.2 Å². The standard InChI is InChI=1S/C20H16BrClN2O2S2/c21-14-8-6-13(7-9-14)11-17-19(26)24(20(27)28-17)10-2-5-18(25)23-16-4-1-3-15(22)12-16/h1,3-4,6-9,11-12H,2,5,10H2,(H,23,25). The monoisotopic (exact) mass is 494 g/mol. The van der Waals surface area contributed by atoms with E-state index in [4.69, 9.17) is 23.8 Å². The SMILES string of the molecule is O=C(CCCN1C(=O)C(=Cc2ccc(Br)cc2)SC1=S)Nc1cccc(Cl)c1. The summed E-state index contributed by atoms with van der Waals surface area (Å²) in [6.07, 6.45) is 2.64. The first-order valence-corrected chi connectivity index (χ1v) is 10.9. The van der Waals surface area contributed by atoms with Gasteiger partial charge < -0.3 is 5.32 Å². The minimum atomic E-state index is -0.127. The zero-order chi connectivity index (χ0) is 20.1. The summed E-state index contributed by atoms with van der Waals surface area (Å²) in [7, 11) is 0. The second-order valence-corrected chi connectivity index (χ2v) is 9.07. The maximum Gasteiger partial charge on any atom is 0.266 e. The molecule has 4 nitrogen and oxygen atoms in total. The summed E-state index contributed by atoms with van der Waals surface area (Å²) in [5.41, 5.74) is 1.59. The molecule has 8 heteroatoms. The number of hydrogen-bond donors (Lipinski definition) is 1. The second-order valence-electron chi connectivity index (χ2n) is 6.05. The number of thiocarbonyl (C=S) groups is 1. The van der Waals surface area contributed by atoms with E-state index in [0.717, 1.165) is 10.0 Å². The van der Waals surface area contributed by atoms with E-state index in [1.165, 1.54) is 11.8 Å². The lowest BCUT2D eigenvalue weighted by Gasteiger charge is -2.14. The fourth-order valence-corrected chi connectivity index (χ4v) is 4.35. The number of nitrogens with zero attached hydrogens (tertiary/aromatic N) is 1. The van der Waals surface area contributed by atoms with Gasteiger partial charge in [-0.15, -0.1) is 0 Å². The van der Waals surface area contributed by atoms with Crippen LogP contribution in [0.1, 0.15) is 18.4 Å². The molecule has 0 spiro atoms. The zero-order valence-corrected chi connectivity index (χ0v) is 18.6. The maximum absolute atomic E-state index is 12.6. The summed E-state index contributed by atoms with van der Waals surface area (Å²) < 4.78 is 1.50. The van der Waals surface area contributed by atoms with Crippen LogP contribution in [0.4, 0.5) is 5.69 Å². The molecule has 1 N–H and O–H groups in total. The average molecular weight is 496 g/mol. The Bertz CT molecular complexity index is 947. The Balaban J connectivity index is 1.53. The largest absolute Gasteiger partial charge is 0.326 e. The minimum Gasteiger partial charge on any atom is -0.326 e. The van der Waals surface area contributed by atoms with Crippen molar-refractivity contribution in [1.29, 1.82) is 0 Å². The van der Waals surface area contributed by atoms with Gasteiger partial charge in [0.1, 0.15) is 4.32 Å². The van der Waals surface area contributed by atoms with Crippen molar-refractivity contribution < 1.29 is 9.59 Å². The van der Waals surface area contributed by atoms with E-state index in [9.17, 15) is 9.59 Å². The van der Waals surface area contributed by atoms with Gasteiger partial charge in [-0.1, -0.05) is 69.7 Å². The topological polar surface area (TPSA) is 49.4 Å². The van der Waals surface area contributed by atoms with E-state index in [-0.39, 0.29) is 18.2 Å². The average Bonchev–Trinajstić information content (AvgIpc) is 2.91. The molecular weight excluding hydrogens is 480 g/mol. The van der Waals surface area contributed by atoms with Gasteiger partial charge in [0.2, 0.25) is 5.91 Å². The molecule has 1 heterocycles. The molecule has 1 fully saturated rings. The highest BCUT2D eigenvalue weighted by molar-refractivity contribution is 9.10. The molecule has 144 valence electrons. The summed E-state index contributed by atoms with van der Waals surface area (Å²) in [5, 5.41) is 3.36. The van der Waals surface area contributed by atoms with Crippen LogP contribution in [0.25, 0.3) is 6.08 Å². The molecule has 0 atom stereocenters. The molecular formula is C20H16BrClN2O2S2. The lowest BCUT2D eigenvalue weighted by molar-refractivity contribution is -0.122. The smallest absolute Gasteiger partial charge is 0.266 e. The Kier molecular flexibility index (Phi) is 7.29. The number of amides is 2. The normalized spacial score (nSPS) is 15.4. The summed E-state index contributed by atoms with van der Waals surface area (Å²) in [6, 6.07) is 14.7. The van der Waals surface area contributed by atoms with Crippen LogP contribution in [0.2, 0.25) is 5.02 Å². The first-order valence-electron chi connectivity index (χ1n) is 8.49. The molecule has 1 aliphatic rings. The van der Waals surface area contributed by atoms with Gasteiger partial charge >= 0.3 is 0 Å². The van der Waals surface area contributed by atoms with Crippen molar-refractivity contribution in [2.75, 3.05) is 11.9 Å². The molecule has 2 aromatic rings. The number of hydrogen-bond acceptors (Lipinski definition) is 4. The number of benzene rings is 2. The Morgan fingerprint density at radius 2 is 2.00 bits per heavy atom. The van der Waals surface area contributed by atoms with Crippen molar-refractivity contribution in [3.63, 3.8) is 0 Å². The lowest BCUT2D eigenvalue weighted by Crippen LogP contribution is -2.29. The van der Waals surface area contributed by atoms with Crippen molar-refractivity contribution in [2.24, 2.45) is 0 Å². The van der Waals surface area contributed by atoms with Crippen molar-refractivity contribution in [2.45, 2.75) is 12.8 Å². The number of thioether (sulfide) groups is 1. The molecule has 2 aromatic carbocycles. The fraction of sp³-hybridized carbons (Fsp3) is 0.150. The summed E-state index contributed by atoms with van der Waals surface area (Å²) in [6.45, 7) is 0.408. The van der Waals surface area contributed by atoms with E-state index in [0.29, 0.717) is 32.9 Å². The molecule has 0 aliphatic carbocycles. The van der Waals surface area contributed by atoms with E-state index >= 15 is 0 Å². The van der Waals surface area contributed by atoms with Crippen molar-refractivity contribution in [3.05, 3.63) is 68.5 Å². The molecule has 1 aliphatic heterocycles. The van der Waals surface area contributed by atoms with Crippen molar-refractivity contribution >= 4 is 79.4 Å². The first kappa shape index (κ1) is 21.0. The maximum atomic E-state index is 12.6. The summed E-state index contributed by atoms with van der Waals surface area (Å²) >= 11 is 15.9. The highest BCUT2D eigenvalue weighted by atomic mass is 79.9. The summed E-state index contributed by atoms with van der Waals surface area (Å²) in [4.78, 5) is 26.8. The third-order valence-corrected chi connectivity index (χ3v) is 6.08. The molecule has 1 saturated heterocycles. The molecule has 0 bridgehead atoms. The number of anilines is 1. The number of carbonyl (C=O) groups excluding carboxylic acids is 2. The van der Waals surface area contributed by atoms with Crippen LogP contribution in [0.15, 0.2) is 57.9 Å². The van der Waals surface area contributed by atoms with Crippen LogP contribution < -0.4 is 5.32 Å². The fourth-order valence-electron chi connectivity index (χ4n) is 2.59. The highest BCUT2D eigenvalue weighted by Crippen LogP contribution is 2.32. The van der Waals surface area contributed by atoms with Crippen LogP contribution in [0, 0.1) is 0 Å². The van der Waals surface area contributed by atoms with Gasteiger partial charge in [-0.05, 0) is 48.4 Å².